The third-order valence-corrected chi connectivity index (χ3v) is 6.08. The van der Waals surface area contributed by atoms with E-state index >= 15 is 0 Å². The van der Waals surface area contributed by atoms with Crippen molar-refractivity contribution in [2.24, 2.45) is 0 Å². The Balaban J connectivity index is 1.56. The van der Waals surface area contributed by atoms with E-state index in [0.717, 1.165) is 38.0 Å². The molecule has 1 aromatic heterocycles. The van der Waals surface area contributed by atoms with Gasteiger partial charge in [0.25, 0.3) is 5.91 Å². The van der Waals surface area contributed by atoms with Gasteiger partial charge in [-0.25, -0.2) is 4.98 Å². The first kappa shape index (κ1) is 17.4. The van der Waals surface area contributed by atoms with Gasteiger partial charge in [-0.2, -0.15) is 0 Å². The summed E-state index contributed by atoms with van der Waals surface area (Å²) in [4.78, 5) is 25.1. The minimum atomic E-state index is -0.143. The normalized spacial score (nSPS) is 19.5. The topological polar surface area (TPSA) is 72.5 Å². The van der Waals surface area contributed by atoms with E-state index in [1.54, 1.807) is 18.5 Å². The predicted octanol–water partition coefficient (Wildman–Crippen LogP) is 2.78. The number of carbonyl (C=O) groups is 1. The highest BCUT2D eigenvalue weighted by atomic mass is 35.5. The number of phenols is 1. The number of H-pyrrole nitrogens is 1. The number of hydrogen-bond donors (Lipinski definition) is 2. The van der Waals surface area contributed by atoms with E-state index in [0.29, 0.717) is 23.7 Å². The number of nitrogens with zero attached hydrogens (tertiary/aromatic N) is 3. The minimum absolute atomic E-state index is 0.0646. The number of piperidine rings is 1. The number of fused-ring (bicyclic) bond motifs is 2. The lowest BCUT2D eigenvalue weighted by molar-refractivity contribution is 0.0102. The van der Waals surface area contributed by atoms with Gasteiger partial charge in [-0.1, -0.05) is 18.5 Å². The molecule has 1 spiro atoms. The molecule has 0 unspecified atom stereocenters. The molecule has 2 aromatic rings. The molecule has 6 nitrogen and oxygen atoms in total. The summed E-state index contributed by atoms with van der Waals surface area (Å²) in [5.41, 5.74) is 2.58. The highest BCUT2D eigenvalue weighted by Crippen LogP contribution is 2.42. The van der Waals surface area contributed by atoms with Gasteiger partial charge in [-0.15, -0.1) is 0 Å². The van der Waals surface area contributed by atoms with Gasteiger partial charge in [0.2, 0.25) is 0 Å². The lowest BCUT2D eigenvalue weighted by Crippen LogP contribution is -2.57. The zero-order valence-electron chi connectivity index (χ0n) is 14.8. The van der Waals surface area contributed by atoms with Crippen LogP contribution in [0.1, 0.15) is 41.5 Å². The number of carbonyl (C=O) groups excluding carboxylic acids is 1. The molecule has 0 radical (unpaired) electrons. The zero-order chi connectivity index (χ0) is 18.3. The summed E-state index contributed by atoms with van der Waals surface area (Å²) in [6, 6.07) is 4.64. The summed E-state index contributed by atoms with van der Waals surface area (Å²) in [5, 5.41) is 10.5. The number of aromatic amines is 1. The molecule has 0 saturated carbocycles. The Morgan fingerprint density at radius 1 is 1.35 bits per heavy atom. The Morgan fingerprint density at radius 2 is 2.12 bits per heavy atom. The number of nitrogens with one attached hydrogen (secondary N) is 1. The molecule has 1 saturated heterocycles. The molecule has 2 aliphatic rings. The highest BCUT2D eigenvalue weighted by molar-refractivity contribution is 6.30. The first-order valence-corrected chi connectivity index (χ1v) is 9.48. The number of likely N-dealkylation sites (N-methyl/N-ethyl adjacent to an activating group) is 1. The van der Waals surface area contributed by atoms with E-state index < -0.39 is 0 Å². The van der Waals surface area contributed by atoms with Gasteiger partial charge in [-0.05, 0) is 37.6 Å². The van der Waals surface area contributed by atoms with E-state index in [2.05, 4.69) is 21.8 Å². The van der Waals surface area contributed by atoms with Crippen LogP contribution in [0.15, 0.2) is 24.5 Å². The number of aromatic hydroxyl groups is 1. The van der Waals surface area contributed by atoms with E-state index in [1.165, 1.54) is 11.8 Å². The number of aromatic nitrogens is 2. The van der Waals surface area contributed by atoms with Crippen molar-refractivity contribution in [3.63, 3.8) is 0 Å². The number of amides is 1. The van der Waals surface area contributed by atoms with Crippen LogP contribution in [0.25, 0.3) is 0 Å². The Kier molecular flexibility index (Phi) is 4.40. The van der Waals surface area contributed by atoms with Crippen molar-refractivity contribution in [1.82, 2.24) is 19.8 Å². The monoisotopic (exact) mass is 374 g/mol. The summed E-state index contributed by atoms with van der Waals surface area (Å²) >= 11 is 5.87. The van der Waals surface area contributed by atoms with E-state index in [-0.39, 0.29) is 17.2 Å². The van der Waals surface area contributed by atoms with Crippen molar-refractivity contribution in [2.75, 3.05) is 26.2 Å². The number of hydrogen-bond acceptors (Lipinski definition) is 4. The molecule has 4 rings (SSSR count). The van der Waals surface area contributed by atoms with Crippen LogP contribution in [0.2, 0.25) is 5.02 Å². The average molecular weight is 375 g/mol. The van der Waals surface area contributed by atoms with Crippen LogP contribution in [0.4, 0.5) is 0 Å². The molecular formula is C19H23ClN4O2. The molecule has 26 heavy (non-hydrogen) atoms. The van der Waals surface area contributed by atoms with E-state index in [1.807, 2.05) is 4.90 Å². The molecule has 138 valence electrons. The van der Waals surface area contributed by atoms with Crippen molar-refractivity contribution in [2.45, 2.75) is 31.7 Å². The molecule has 1 amide bonds. The Hall–Kier alpha value is -2.05. The molecule has 3 heterocycles. The van der Waals surface area contributed by atoms with Crippen molar-refractivity contribution in [3.05, 3.63) is 46.5 Å². The van der Waals surface area contributed by atoms with Crippen LogP contribution in [-0.2, 0) is 12.0 Å². The minimum Gasteiger partial charge on any atom is -0.507 e. The van der Waals surface area contributed by atoms with Crippen LogP contribution >= 0.6 is 11.6 Å². The number of imidazole rings is 1. The number of benzene rings is 1. The first-order valence-electron chi connectivity index (χ1n) is 9.11. The summed E-state index contributed by atoms with van der Waals surface area (Å²) in [5.74, 6) is -0.208. The van der Waals surface area contributed by atoms with Gasteiger partial charge < -0.3 is 15.0 Å². The van der Waals surface area contributed by atoms with Crippen molar-refractivity contribution in [3.8, 4) is 5.75 Å². The van der Waals surface area contributed by atoms with Crippen molar-refractivity contribution >= 4 is 17.5 Å². The Morgan fingerprint density at radius 3 is 2.81 bits per heavy atom. The second-order valence-corrected chi connectivity index (χ2v) is 7.48. The van der Waals surface area contributed by atoms with Crippen LogP contribution < -0.4 is 0 Å². The second-order valence-electron chi connectivity index (χ2n) is 7.04. The van der Waals surface area contributed by atoms with Crippen molar-refractivity contribution < 1.29 is 9.90 Å². The van der Waals surface area contributed by atoms with Crippen LogP contribution in [0, 0.1) is 0 Å². The molecule has 0 atom stereocenters. The maximum absolute atomic E-state index is 12.8. The third-order valence-electron chi connectivity index (χ3n) is 5.85. The fraction of sp³-hybridized carbons (Fsp3) is 0.474. The number of halogens is 1. The number of phenolic OH excluding ortho intramolecular Hbond substituents is 1. The molecular weight excluding hydrogens is 352 g/mol. The summed E-state index contributed by atoms with van der Waals surface area (Å²) in [6.07, 6.45) is 4.47. The van der Waals surface area contributed by atoms with Crippen molar-refractivity contribution in [1.29, 1.82) is 0 Å². The van der Waals surface area contributed by atoms with Gasteiger partial charge in [-0.3, -0.25) is 9.69 Å². The predicted molar refractivity (Wildman–Crippen MR) is 99.5 cm³/mol. The number of likely N-dealkylation sites (tertiary alicyclic amines) is 1. The highest BCUT2D eigenvalue weighted by Gasteiger charge is 2.46. The van der Waals surface area contributed by atoms with Gasteiger partial charge in [0.15, 0.2) is 0 Å². The lowest BCUT2D eigenvalue weighted by atomic mass is 9.78. The summed E-state index contributed by atoms with van der Waals surface area (Å²) in [6.45, 7) is 5.45. The summed E-state index contributed by atoms with van der Waals surface area (Å²) < 4.78 is 0. The Labute approximate surface area is 157 Å². The summed E-state index contributed by atoms with van der Waals surface area (Å²) in [7, 11) is 0. The third kappa shape index (κ3) is 2.68. The Bertz CT molecular complexity index is 827. The fourth-order valence-electron chi connectivity index (χ4n) is 4.47. The second kappa shape index (κ2) is 6.59. The molecule has 2 N–H and O–H groups in total. The van der Waals surface area contributed by atoms with Crippen LogP contribution in [0.5, 0.6) is 5.75 Å². The first-order chi connectivity index (χ1) is 12.5. The standard InChI is InChI=1S/C19H23ClN4O2/c1-2-24-8-5-15-17(22-12-21-15)19(24)6-9-23(10-7-19)18(26)14-4-3-13(20)11-16(14)25/h3-4,11-12,25H,2,5-10H2,1H3,(H,21,22). The van der Waals surface area contributed by atoms with Gasteiger partial charge in [0, 0.05) is 36.8 Å². The largest absolute Gasteiger partial charge is 0.507 e. The van der Waals surface area contributed by atoms with Crippen LogP contribution in [-0.4, -0.2) is 57.0 Å². The molecule has 2 aliphatic heterocycles. The fourth-order valence-corrected chi connectivity index (χ4v) is 4.64. The van der Waals surface area contributed by atoms with Gasteiger partial charge >= 0.3 is 0 Å². The van der Waals surface area contributed by atoms with Crippen LogP contribution in [0.3, 0.4) is 0 Å². The average Bonchev–Trinajstić information content (AvgIpc) is 3.12. The zero-order valence-corrected chi connectivity index (χ0v) is 15.6. The molecule has 0 aliphatic carbocycles. The van der Waals surface area contributed by atoms with E-state index in [4.69, 9.17) is 11.6 Å². The smallest absolute Gasteiger partial charge is 0.257 e. The maximum atomic E-state index is 12.8. The van der Waals surface area contributed by atoms with E-state index in [9.17, 15) is 9.90 Å². The quantitative estimate of drug-likeness (QED) is 0.847. The maximum Gasteiger partial charge on any atom is 0.257 e. The number of rotatable bonds is 2. The SMILES string of the molecule is CCN1CCc2[nH]cnc2C12CCN(C(=O)c1ccc(Cl)cc1O)CC2. The molecule has 1 fully saturated rings. The van der Waals surface area contributed by atoms with Gasteiger partial charge in [0.1, 0.15) is 5.75 Å². The molecule has 0 bridgehead atoms. The van der Waals surface area contributed by atoms with Gasteiger partial charge in [0.05, 0.1) is 23.1 Å². The lowest BCUT2D eigenvalue weighted by Gasteiger charge is -2.50. The molecule has 7 heteroatoms. The molecule has 1 aromatic carbocycles.